The molecule has 4 nitrogen and oxygen atoms in total. The van der Waals surface area contributed by atoms with Gasteiger partial charge >= 0.3 is 0 Å². The fraction of sp³-hybridized carbons (Fsp3) is 0.458. The molecule has 0 radical (unpaired) electrons. The van der Waals surface area contributed by atoms with Gasteiger partial charge in [0, 0.05) is 18.2 Å². The second-order valence-electron chi connectivity index (χ2n) is 7.62. The van der Waals surface area contributed by atoms with Crippen LogP contribution in [-0.4, -0.2) is 24.2 Å². The van der Waals surface area contributed by atoms with Crippen LogP contribution in [0.25, 0.3) is 0 Å². The maximum absolute atomic E-state index is 12.7. The summed E-state index contributed by atoms with van der Waals surface area (Å²) in [6.07, 6.45) is 5.75. The molecule has 1 saturated heterocycles. The van der Waals surface area contributed by atoms with Crippen LogP contribution >= 0.6 is 0 Å². The third kappa shape index (κ3) is 4.93. The van der Waals surface area contributed by atoms with Gasteiger partial charge in [0.2, 0.25) is 5.91 Å². The summed E-state index contributed by atoms with van der Waals surface area (Å²) in [7, 11) is 1.67. The average molecular weight is 382 g/mol. The predicted molar refractivity (Wildman–Crippen MR) is 113 cm³/mol. The van der Waals surface area contributed by atoms with Gasteiger partial charge in [-0.2, -0.15) is 0 Å². The van der Waals surface area contributed by atoms with Crippen molar-refractivity contribution in [1.82, 2.24) is 0 Å². The van der Waals surface area contributed by atoms with Crippen LogP contribution in [0.3, 0.4) is 0 Å². The molecule has 2 atom stereocenters. The minimum atomic E-state index is -0.432. The first kappa shape index (κ1) is 20.4. The van der Waals surface area contributed by atoms with Gasteiger partial charge in [-0.15, -0.1) is 0 Å². The Labute approximate surface area is 168 Å². The molecule has 0 aliphatic carbocycles. The molecule has 1 fully saturated rings. The number of piperidine rings is 1. The summed E-state index contributed by atoms with van der Waals surface area (Å²) in [5.74, 6) is 1.02. The molecular weight excluding hydrogens is 350 g/mol. The second-order valence-corrected chi connectivity index (χ2v) is 7.62. The smallest absolute Gasteiger partial charge is 0.227 e. The highest BCUT2D eigenvalue weighted by Crippen LogP contribution is 2.30. The van der Waals surface area contributed by atoms with E-state index in [9.17, 15) is 9.90 Å². The van der Waals surface area contributed by atoms with Crippen LogP contribution in [0.15, 0.2) is 48.5 Å². The van der Waals surface area contributed by atoms with E-state index >= 15 is 0 Å². The summed E-state index contributed by atoms with van der Waals surface area (Å²) in [6, 6.07) is 16.1. The average Bonchev–Trinajstić information content (AvgIpc) is 2.72. The normalized spacial score (nSPS) is 18.2. The molecule has 1 amide bonds. The highest BCUT2D eigenvalue weighted by Gasteiger charge is 2.29. The number of hydrogen-bond donors (Lipinski definition) is 1. The number of methoxy groups -OCH3 is 1. The van der Waals surface area contributed by atoms with Crippen LogP contribution in [0.2, 0.25) is 0 Å². The molecule has 2 aromatic rings. The second kappa shape index (κ2) is 9.74. The summed E-state index contributed by atoms with van der Waals surface area (Å²) in [5, 5.41) is 10.3. The predicted octanol–water partition coefficient (Wildman–Crippen LogP) is 5.05. The Hall–Kier alpha value is -2.33. The van der Waals surface area contributed by atoms with Crippen molar-refractivity contribution in [2.24, 2.45) is 0 Å². The van der Waals surface area contributed by atoms with Crippen molar-refractivity contribution in [3.63, 3.8) is 0 Å². The van der Waals surface area contributed by atoms with Crippen LogP contribution in [0.1, 0.15) is 62.7 Å². The lowest BCUT2D eigenvalue weighted by molar-refractivity contribution is -0.120. The SMILES string of the molecule is CCCCC(O)c1ccc(N2C(=O)CCCC2Cc2cccc(OC)c2)cc1. The number of aliphatic hydroxyl groups is 1. The van der Waals surface area contributed by atoms with Crippen LogP contribution in [0.5, 0.6) is 5.75 Å². The number of hydrogen-bond acceptors (Lipinski definition) is 3. The Morgan fingerprint density at radius 1 is 1.21 bits per heavy atom. The van der Waals surface area contributed by atoms with Crippen molar-refractivity contribution in [3.05, 3.63) is 59.7 Å². The lowest BCUT2D eigenvalue weighted by atomic mass is 9.94. The van der Waals surface area contributed by atoms with Gasteiger partial charge in [0.25, 0.3) is 0 Å². The molecule has 1 heterocycles. The summed E-state index contributed by atoms with van der Waals surface area (Å²) in [6.45, 7) is 2.13. The maximum Gasteiger partial charge on any atom is 0.227 e. The van der Waals surface area contributed by atoms with E-state index in [1.807, 2.05) is 47.4 Å². The maximum atomic E-state index is 12.7. The summed E-state index contributed by atoms with van der Waals surface area (Å²) in [4.78, 5) is 14.7. The van der Waals surface area contributed by atoms with Crippen molar-refractivity contribution in [2.45, 2.75) is 64.0 Å². The van der Waals surface area contributed by atoms with Crippen molar-refractivity contribution in [2.75, 3.05) is 12.0 Å². The van der Waals surface area contributed by atoms with Gasteiger partial charge in [0.15, 0.2) is 0 Å². The van der Waals surface area contributed by atoms with Gasteiger partial charge in [-0.05, 0) is 61.1 Å². The molecule has 1 aliphatic heterocycles. The van der Waals surface area contributed by atoms with Crippen LogP contribution in [-0.2, 0) is 11.2 Å². The molecule has 3 rings (SSSR count). The van der Waals surface area contributed by atoms with Gasteiger partial charge in [0.05, 0.1) is 13.2 Å². The minimum Gasteiger partial charge on any atom is -0.497 e. The number of aliphatic hydroxyl groups excluding tert-OH is 1. The third-order valence-electron chi connectivity index (χ3n) is 5.55. The summed E-state index contributed by atoms with van der Waals surface area (Å²) in [5.41, 5.74) is 3.02. The Balaban J connectivity index is 1.77. The van der Waals surface area contributed by atoms with E-state index in [1.54, 1.807) is 7.11 Å². The number of ether oxygens (including phenoxy) is 1. The molecule has 0 bridgehead atoms. The Morgan fingerprint density at radius 3 is 2.71 bits per heavy atom. The zero-order valence-electron chi connectivity index (χ0n) is 16.9. The number of rotatable bonds is 8. The fourth-order valence-electron chi connectivity index (χ4n) is 3.98. The molecule has 28 heavy (non-hydrogen) atoms. The number of carbonyl (C=O) groups is 1. The Morgan fingerprint density at radius 2 is 2.00 bits per heavy atom. The van der Waals surface area contributed by atoms with E-state index in [1.165, 1.54) is 5.56 Å². The standard InChI is InChI=1S/C24H31NO3/c1-3-4-10-23(26)19-12-14-20(15-13-19)25-21(8-6-11-24(25)27)16-18-7-5-9-22(17-18)28-2/h5,7,9,12-15,17,21,23,26H,3-4,6,8,10-11,16H2,1-2H3. The molecule has 0 aromatic heterocycles. The molecule has 1 N–H and O–H groups in total. The molecule has 0 saturated carbocycles. The Bertz CT molecular complexity index is 772. The first-order valence-corrected chi connectivity index (χ1v) is 10.4. The van der Waals surface area contributed by atoms with Gasteiger partial charge in [0.1, 0.15) is 5.75 Å². The van der Waals surface area contributed by atoms with E-state index in [2.05, 4.69) is 13.0 Å². The van der Waals surface area contributed by atoms with Crippen molar-refractivity contribution in [1.29, 1.82) is 0 Å². The first-order chi connectivity index (χ1) is 13.6. The molecule has 1 aliphatic rings. The Kier molecular flexibility index (Phi) is 7.10. The number of unbranched alkanes of at least 4 members (excludes halogenated alkanes) is 1. The van der Waals surface area contributed by atoms with E-state index in [0.29, 0.717) is 6.42 Å². The van der Waals surface area contributed by atoms with E-state index in [-0.39, 0.29) is 11.9 Å². The highest BCUT2D eigenvalue weighted by molar-refractivity contribution is 5.94. The first-order valence-electron chi connectivity index (χ1n) is 10.4. The molecule has 0 spiro atoms. The zero-order chi connectivity index (χ0) is 19.9. The topological polar surface area (TPSA) is 49.8 Å². The van der Waals surface area contributed by atoms with Gasteiger partial charge in [-0.3, -0.25) is 4.79 Å². The lowest BCUT2D eigenvalue weighted by Gasteiger charge is -2.36. The third-order valence-corrected chi connectivity index (χ3v) is 5.55. The van der Waals surface area contributed by atoms with Crippen molar-refractivity contribution in [3.8, 4) is 5.75 Å². The van der Waals surface area contributed by atoms with E-state index in [0.717, 1.165) is 55.5 Å². The molecule has 4 heteroatoms. The minimum absolute atomic E-state index is 0.143. The zero-order valence-corrected chi connectivity index (χ0v) is 16.9. The summed E-state index contributed by atoms with van der Waals surface area (Å²) >= 11 is 0. The largest absolute Gasteiger partial charge is 0.497 e. The number of nitrogens with zero attached hydrogens (tertiary/aromatic N) is 1. The van der Waals surface area contributed by atoms with Crippen molar-refractivity contribution >= 4 is 11.6 Å². The van der Waals surface area contributed by atoms with Gasteiger partial charge in [-0.25, -0.2) is 0 Å². The monoisotopic (exact) mass is 381 g/mol. The molecule has 150 valence electrons. The van der Waals surface area contributed by atoms with E-state index < -0.39 is 6.10 Å². The molecule has 2 unspecified atom stereocenters. The fourth-order valence-corrected chi connectivity index (χ4v) is 3.98. The quantitative estimate of drug-likeness (QED) is 0.696. The van der Waals surface area contributed by atoms with Crippen LogP contribution in [0.4, 0.5) is 5.69 Å². The van der Waals surface area contributed by atoms with Crippen LogP contribution in [0, 0.1) is 0 Å². The number of anilines is 1. The lowest BCUT2D eigenvalue weighted by Crippen LogP contribution is -2.45. The molecule has 2 aromatic carbocycles. The number of amides is 1. The van der Waals surface area contributed by atoms with Gasteiger partial charge in [-0.1, -0.05) is 44.0 Å². The van der Waals surface area contributed by atoms with E-state index in [4.69, 9.17) is 4.74 Å². The summed E-state index contributed by atoms with van der Waals surface area (Å²) < 4.78 is 5.34. The van der Waals surface area contributed by atoms with Crippen molar-refractivity contribution < 1.29 is 14.6 Å². The number of benzene rings is 2. The van der Waals surface area contributed by atoms with Crippen LogP contribution < -0.4 is 9.64 Å². The molecular formula is C24H31NO3. The number of carbonyl (C=O) groups excluding carboxylic acids is 1. The highest BCUT2D eigenvalue weighted by atomic mass is 16.5. The van der Waals surface area contributed by atoms with Gasteiger partial charge < -0.3 is 14.7 Å².